The second-order valence-electron chi connectivity index (χ2n) is 5.97. The van der Waals surface area contributed by atoms with Crippen molar-refractivity contribution >= 4 is 5.91 Å². The zero-order valence-corrected chi connectivity index (χ0v) is 13.5. The summed E-state index contributed by atoms with van der Waals surface area (Å²) in [4.78, 5) is 20.4. The van der Waals surface area contributed by atoms with Crippen molar-refractivity contribution in [2.24, 2.45) is 5.92 Å². The first-order valence-electron chi connectivity index (χ1n) is 7.95. The van der Waals surface area contributed by atoms with Crippen molar-refractivity contribution in [1.29, 1.82) is 0 Å². The molecule has 0 bridgehead atoms. The van der Waals surface area contributed by atoms with Gasteiger partial charge in [-0.2, -0.15) is 5.10 Å². The molecule has 3 rings (SSSR count). The van der Waals surface area contributed by atoms with Gasteiger partial charge >= 0.3 is 0 Å². The van der Waals surface area contributed by atoms with E-state index in [1.54, 1.807) is 30.4 Å². The van der Waals surface area contributed by atoms with Crippen LogP contribution >= 0.6 is 0 Å². The van der Waals surface area contributed by atoms with Crippen LogP contribution in [0, 0.1) is 5.92 Å². The molecule has 2 heterocycles. The SMILES string of the molecule is COc1ccc([C@H](NC(=O)CCn2cncn2)C2CC(O)C2)cn1. The van der Waals surface area contributed by atoms with E-state index in [2.05, 4.69) is 20.4 Å². The van der Waals surface area contributed by atoms with E-state index in [-0.39, 0.29) is 24.0 Å². The van der Waals surface area contributed by atoms with Gasteiger partial charge in [-0.3, -0.25) is 9.48 Å². The third kappa shape index (κ3) is 3.88. The van der Waals surface area contributed by atoms with Crippen LogP contribution in [0.5, 0.6) is 5.88 Å². The van der Waals surface area contributed by atoms with Crippen molar-refractivity contribution < 1.29 is 14.6 Å². The number of aliphatic hydroxyl groups is 1. The number of aliphatic hydroxyl groups excluding tert-OH is 1. The number of carbonyl (C=O) groups excluding carboxylic acids is 1. The van der Waals surface area contributed by atoms with Crippen molar-refractivity contribution in [1.82, 2.24) is 25.1 Å². The molecule has 0 saturated heterocycles. The summed E-state index contributed by atoms with van der Waals surface area (Å²) in [5.74, 6) is 0.682. The maximum absolute atomic E-state index is 12.3. The number of pyridine rings is 1. The van der Waals surface area contributed by atoms with Gasteiger partial charge in [-0.05, 0) is 24.3 Å². The van der Waals surface area contributed by atoms with Crippen LogP contribution in [0.3, 0.4) is 0 Å². The first-order chi connectivity index (χ1) is 11.7. The maximum atomic E-state index is 12.3. The summed E-state index contributed by atoms with van der Waals surface area (Å²) in [6.07, 6.45) is 6.14. The first kappa shape index (κ1) is 16.4. The average Bonchev–Trinajstić information content (AvgIpc) is 3.09. The quantitative estimate of drug-likeness (QED) is 0.774. The molecule has 0 aromatic carbocycles. The highest BCUT2D eigenvalue weighted by molar-refractivity contribution is 5.76. The maximum Gasteiger partial charge on any atom is 0.222 e. The standard InChI is InChI=1S/C16H21N5O3/c1-24-15-3-2-11(8-18-15)16(12-6-13(22)7-12)20-14(23)4-5-21-10-17-9-19-21/h2-3,8-10,12-13,16,22H,4-7H2,1H3,(H,20,23)/t12?,13?,16-/m0/s1. The molecule has 24 heavy (non-hydrogen) atoms. The Morgan fingerprint density at radius 3 is 2.92 bits per heavy atom. The summed E-state index contributed by atoms with van der Waals surface area (Å²) in [5.41, 5.74) is 0.918. The number of ether oxygens (including phenoxy) is 1. The molecule has 2 aromatic rings. The molecule has 128 valence electrons. The minimum absolute atomic E-state index is 0.0623. The van der Waals surface area contributed by atoms with E-state index >= 15 is 0 Å². The fourth-order valence-electron chi connectivity index (χ4n) is 2.88. The van der Waals surface area contributed by atoms with Gasteiger partial charge in [0.15, 0.2) is 0 Å². The minimum Gasteiger partial charge on any atom is -0.481 e. The third-order valence-corrected chi connectivity index (χ3v) is 4.30. The molecule has 2 N–H and O–H groups in total. The van der Waals surface area contributed by atoms with Gasteiger partial charge in [0, 0.05) is 18.7 Å². The monoisotopic (exact) mass is 331 g/mol. The number of methoxy groups -OCH3 is 1. The topological polar surface area (TPSA) is 102 Å². The van der Waals surface area contributed by atoms with Gasteiger partial charge in [0.2, 0.25) is 11.8 Å². The molecule has 1 atom stereocenters. The van der Waals surface area contributed by atoms with Crippen LogP contribution in [0.2, 0.25) is 0 Å². The number of amides is 1. The summed E-state index contributed by atoms with van der Waals surface area (Å²) in [5, 5.41) is 16.6. The Morgan fingerprint density at radius 1 is 1.50 bits per heavy atom. The normalized spacial score (nSPS) is 20.9. The largest absolute Gasteiger partial charge is 0.481 e. The lowest BCUT2D eigenvalue weighted by molar-refractivity contribution is -0.123. The molecule has 0 aliphatic heterocycles. The van der Waals surface area contributed by atoms with Crippen LogP contribution in [-0.4, -0.2) is 44.0 Å². The van der Waals surface area contributed by atoms with Crippen molar-refractivity contribution in [2.75, 3.05) is 7.11 Å². The fourth-order valence-corrected chi connectivity index (χ4v) is 2.88. The van der Waals surface area contributed by atoms with E-state index in [0.29, 0.717) is 31.7 Å². The second-order valence-corrected chi connectivity index (χ2v) is 5.97. The predicted octanol–water partition coefficient (Wildman–Crippen LogP) is 0.700. The number of aromatic nitrogens is 4. The summed E-state index contributed by atoms with van der Waals surface area (Å²) < 4.78 is 6.70. The van der Waals surface area contributed by atoms with E-state index in [9.17, 15) is 9.90 Å². The highest BCUT2D eigenvalue weighted by Gasteiger charge is 2.35. The number of rotatable bonds is 7. The van der Waals surface area contributed by atoms with Gasteiger partial charge in [0.1, 0.15) is 12.7 Å². The lowest BCUT2D eigenvalue weighted by Gasteiger charge is -2.38. The molecule has 1 aliphatic rings. The summed E-state index contributed by atoms with van der Waals surface area (Å²) >= 11 is 0. The number of carbonyl (C=O) groups is 1. The lowest BCUT2D eigenvalue weighted by atomic mass is 9.75. The highest BCUT2D eigenvalue weighted by atomic mass is 16.5. The first-order valence-corrected chi connectivity index (χ1v) is 7.95. The Kier molecular flexibility index (Phi) is 5.05. The number of aryl methyl sites for hydroxylation is 1. The van der Waals surface area contributed by atoms with E-state index < -0.39 is 0 Å². The number of hydrogen-bond acceptors (Lipinski definition) is 6. The Bertz CT molecular complexity index is 653. The van der Waals surface area contributed by atoms with Crippen LogP contribution in [0.4, 0.5) is 0 Å². The van der Waals surface area contributed by atoms with Crippen LogP contribution in [0.1, 0.15) is 30.9 Å². The van der Waals surface area contributed by atoms with Gasteiger partial charge in [-0.25, -0.2) is 9.97 Å². The molecule has 1 fully saturated rings. The molecule has 1 saturated carbocycles. The zero-order chi connectivity index (χ0) is 16.9. The smallest absolute Gasteiger partial charge is 0.222 e. The Hall–Kier alpha value is -2.48. The van der Waals surface area contributed by atoms with Crippen LogP contribution < -0.4 is 10.1 Å². The fraction of sp³-hybridized carbons (Fsp3) is 0.500. The zero-order valence-electron chi connectivity index (χ0n) is 13.5. The molecular formula is C16H21N5O3. The average molecular weight is 331 g/mol. The second kappa shape index (κ2) is 7.39. The molecule has 1 amide bonds. The van der Waals surface area contributed by atoms with Crippen molar-refractivity contribution in [3.05, 3.63) is 36.5 Å². The van der Waals surface area contributed by atoms with Crippen LogP contribution in [-0.2, 0) is 11.3 Å². The summed E-state index contributed by atoms with van der Waals surface area (Å²) in [7, 11) is 1.56. The molecule has 0 radical (unpaired) electrons. The molecule has 1 aliphatic carbocycles. The van der Waals surface area contributed by atoms with Crippen LogP contribution in [0.15, 0.2) is 31.0 Å². The van der Waals surface area contributed by atoms with Gasteiger partial charge in [0.25, 0.3) is 0 Å². The lowest BCUT2D eigenvalue weighted by Crippen LogP contribution is -2.41. The van der Waals surface area contributed by atoms with Gasteiger partial charge in [0.05, 0.1) is 25.8 Å². The number of nitrogens with zero attached hydrogens (tertiary/aromatic N) is 4. The Morgan fingerprint density at radius 2 is 2.33 bits per heavy atom. The van der Waals surface area contributed by atoms with E-state index in [4.69, 9.17) is 4.74 Å². The Balaban J connectivity index is 1.64. The number of nitrogens with one attached hydrogen (secondary N) is 1. The molecule has 2 aromatic heterocycles. The van der Waals surface area contributed by atoms with E-state index in [0.717, 1.165) is 5.56 Å². The Labute approximate surface area is 139 Å². The third-order valence-electron chi connectivity index (χ3n) is 4.30. The summed E-state index contributed by atoms with van der Waals surface area (Å²) in [6, 6.07) is 3.52. The van der Waals surface area contributed by atoms with Gasteiger partial charge in [-0.15, -0.1) is 0 Å². The van der Waals surface area contributed by atoms with Crippen molar-refractivity contribution in [3.8, 4) is 5.88 Å². The number of hydrogen-bond donors (Lipinski definition) is 2. The minimum atomic E-state index is -0.282. The van der Waals surface area contributed by atoms with Crippen molar-refractivity contribution in [3.63, 3.8) is 0 Å². The van der Waals surface area contributed by atoms with E-state index in [1.807, 2.05) is 6.07 Å². The van der Waals surface area contributed by atoms with Gasteiger partial charge < -0.3 is 15.2 Å². The molecular weight excluding hydrogens is 310 g/mol. The predicted molar refractivity (Wildman–Crippen MR) is 85.0 cm³/mol. The van der Waals surface area contributed by atoms with Crippen molar-refractivity contribution in [2.45, 2.75) is 38.0 Å². The highest BCUT2D eigenvalue weighted by Crippen LogP contribution is 2.38. The molecule has 0 spiro atoms. The van der Waals surface area contributed by atoms with E-state index in [1.165, 1.54) is 6.33 Å². The summed E-state index contributed by atoms with van der Waals surface area (Å²) in [6.45, 7) is 0.479. The molecule has 8 nitrogen and oxygen atoms in total. The molecule has 8 heteroatoms. The van der Waals surface area contributed by atoms with Crippen LogP contribution in [0.25, 0.3) is 0 Å². The van der Waals surface area contributed by atoms with Gasteiger partial charge in [-0.1, -0.05) is 6.07 Å². The molecule has 0 unspecified atom stereocenters.